The van der Waals surface area contributed by atoms with Crippen molar-refractivity contribution >= 4 is 22.2 Å². The fourth-order valence-electron chi connectivity index (χ4n) is 1.95. The second-order valence-electron chi connectivity index (χ2n) is 4.33. The Labute approximate surface area is 102 Å². The lowest BCUT2D eigenvalue weighted by Crippen LogP contribution is -2.22. The monoisotopic (exact) mass is 268 g/mol. The molecule has 16 heavy (non-hydrogen) atoms. The predicted molar refractivity (Wildman–Crippen MR) is 65.7 cm³/mol. The molecule has 1 aliphatic carbocycles. The summed E-state index contributed by atoms with van der Waals surface area (Å²) in [5.41, 5.74) is 0. The quantitative estimate of drug-likeness (QED) is 0.545. The summed E-state index contributed by atoms with van der Waals surface area (Å²) in [6.45, 7) is 1.15. The molecule has 0 aromatic carbocycles. The van der Waals surface area contributed by atoms with E-state index in [4.69, 9.17) is 8.37 Å². The molecule has 0 heterocycles. The van der Waals surface area contributed by atoms with Gasteiger partial charge in [-0.1, -0.05) is 0 Å². The van der Waals surface area contributed by atoms with Gasteiger partial charge in [-0.15, -0.1) is 0 Å². The van der Waals surface area contributed by atoms with Crippen molar-refractivity contribution in [3.8, 4) is 0 Å². The van der Waals surface area contributed by atoms with Gasteiger partial charge in [0.15, 0.2) is 0 Å². The molecule has 0 bridgehead atoms. The van der Waals surface area contributed by atoms with Crippen LogP contribution in [-0.4, -0.2) is 34.1 Å². The highest BCUT2D eigenvalue weighted by molar-refractivity contribution is 7.93. The molecule has 96 valence electrons. The van der Waals surface area contributed by atoms with Crippen molar-refractivity contribution in [2.75, 3.05) is 25.7 Å². The van der Waals surface area contributed by atoms with Gasteiger partial charge in [0.25, 0.3) is 10.1 Å². The SMILES string of the molecule is CSOCC1CCC(COS(C)(=O)=O)CC1. The van der Waals surface area contributed by atoms with Crippen molar-refractivity contribution in [2.24, 2.45) is 11.8 Å². The van der Waals surface area contributed by atoms with E-state index in [9.17, 15) is 8.42 Å². The summed E-state index contributed by atoms with van der Waals surface area (Å²) in [5.74, 6) is 1.02. The maximum absolute atomic E-state index is 10.8. The third-order valence-corrected chi connectivity index (χ3v) is 3.84. The Morgan fingerprint density at radius 1 is 1.12 bits per heavy atom. The molecule has 0 atom stereocenters. The van der Waals surface area contributed by atoms with E-state index < -0.39 is 10.1 Å². The zero-order chi connectivity index (χ0) is 12.0. The summed E-state index contributed by atoms with van der Waals surface area (Å²) in [6.07, 6.45) is 7.32. The van der Waals surface area contributed by atoms with Gasteiger partial charge in [0.2, 0.25) is 0 Å². The van der Waals surface area contributed by atoms with E-state index in [1.807, 2.05) is 6.26 Å². The van der Waals surface area contributed by atoms with Crippen LogP contribution < -0.4 is 0 Å². The molecule has 0 spiro atoms. The normalized spacial score (nSPS) is 26.9. The van der Waals surface area contributed by atoms with Crippen molar-refractivity contribution in [2.45, 2.75) is 25.7 Å². The van der Waals surface area contributed by atoms with Crippen molar-refractivity contribution in [3.63, 3.8) is 0 Å². The third-order valence-electron chi connectivity index (χ3n) is 2.91. The minimum absolute atomic E-state index is 0.342. The molecule has 6 heteroatoms. The molecule has 0 amide bonds. The topological polar surface area (TPSA) is 52.6 Å². The minimum atomic E-state index is -3.28. The number of hydrogen-bond acceptors (Lipinski definition) is 5. The smallest absolute Gasteiger partial charge is 0.264 e. The van der Waals surface area contributed by atoms with Crippen molar-refractivity contribution in [1.29, 1.82) is 0 Å². The molecular formula is C10H20O4S2. The predicted octanol–water partition coefficient (Wildman–Crippen LogP) is 2.06. The van der Waals surface area contributed by atoms with E-state index >= 15 is 0 Å². The van der Waals surface area contributed by atoms with Crippen LogP contribution in [-0.2, 0) is 18.5 Å². The van der Waals surface area contributed by atoms with E-state index in [2.05, 4.69) is 0 Å². The highest BCUT2D eigenvalue weighted by Gasteiger charge is 2.22. The molecule has 0 aromatic heterocycles. The number of rotatable bonds is 6. The molecule has 1 fully saturated rings. The Kier molecular flexibility index (Phi) is 6.10. The zero-order valence-corrected chi connectivity index (χ0v) is 11.5. The van der Waals surface area contributed by atoms with Crippen LogP contribution in [0.4, 0.5) is 0 Å². The molecule has 1 rings (SSSR count). The molecule has 0 saturated heterocycles. The van der Waals surface area contributed by atoms with Gasteiger partial charge in [-0.2, -0.15) is 8.42 Å². The first-order valence-electron chi connectivity index (χ1n) is 5.51. The van der Waals surface area contributed by atoms with E-state index in [-0.39, 0.29) is 0 Å². The summed E-state index contributed by atoms with van der Waals surface area (Å²) in [7, 11) is -3.28. The van der Waals surface area contributed by atoms with Crippen LogP contribution in [0.25, 0.3) is 0 Å². The van der Waals surface area contributed by atoms with E-state index in [0.29, 0.717) is 18.4 Å². The van der Waals surface area contributed by atoms with Crippen LogP contribution in [0.1, 0.15) is 25.7 Å². The molecule has 1 aliphatic rings. The molecular weight excluding hydrogens is 248 g/mol. The molecule has 0 aromatic rings. The first-order chi connectivity index (χ1) is 7.51. The summed E-state index contributed by atoms with van der Waals surface area (Å²) in [4.78, 5) is 0. The molecule has 0 unspecified atom stereocenters. The molecule has 0 aliphatic heterocycles. The van der Waals surface area contributed by atoms with Crippen LogP contribution in [0.2, 0.25) is 0 Å². The van der Waals surface area contributed by atoms with Crippen molar-refractivity contribution in [3.05, 3.63) is 0 Å². The first-order valence-corrected chi connectivity index (χ1v) is 8.48. The van der Waals surface area contributed by atoms with E-state index in [0.717, 1.165) is 38.5 Å². The Morgan fingerprint density at radius 3 is 2.06 bits per heavy atom. The average Bonchev–Trinajstić information content (AvgIpc) is 2.24. The second kappa shape index (κ2) is 6.83. The Hall–Kier alpha value is 0.220. The van der Waals surface area contributed by atoms with Crippen LogP contribution >= 0.6 is 12.0 Å². The van der Waals surface area contributed by atoms with Gasteiger partial charge >= 0.3 is 0 Å². The summed E-state index contributed by atoms with van der Waals surface area (Å²) >= 11 is 1.41. The van der Waals surface area contributed by atoms with Crippen molar-refractivity contribution in [1.82, 2.24) is 0 Å². The van der Waals surface area contributed by atoms with Crippen LogP contribution in [0, 0.1) is 11.8 Å². The van der Waals surface area contributed by atoms with E-state index in [1.165, 1.54) is 12.0 Å². The summed E-state index contributed by atoms with van der Waals surface area (Å²) in [6, 6.07) is 0. The van der Waals surface area contributed by atoms with Crippen LogP contribution in [0.15, 0.2) is 0 Å². The second-order valence-corrected chi connectivity index (χ2v) is 6.54. The largest absolute Gasteiger partial charge is 0.315 e. The van der Waals surface area contributed by atoms with Gasteiger partial charge in [-0.25, -0.2) is 0 Å². The lowest BCUT2D eigenvalue weighted by atomic mass is 9.83. The Morgan fingerprint density at radius 2 is 1.62 bits per heavy atom. The molecule has 4 nitrogen and oxygen atoms in total. The fourth-order valence-corrected chi connectivity index (χ4v) is 2.72. The molecule has 1 saturated carbocycles. The fraction of sp³-hybridized carbons (Fsp3) is 1.00. The molecule has 0 radical (unpaired) electrons. The van der Waals surface area contributed by atoms with Gasteiger partial charge in [0.05, 0.1) is 19.5 Å². The highest BCUT2D eigenvalue weighted by atomic mass is 32.2. The van der Waals surface area contributed by atoms with Gasteiger partial charge in [-0.05, 0) is 49.6 Å². The highest BCUT2D eigenvalue weighted by Crippen LogP contribution is 2.29. The first kappa shape index (κ1) is 14.3. The van der Waals surface area contributed by atoms with Gasteiger partial charge in [0.1, 0.15) is 0 Å². The maximum atomic E-state index is 10.8. The third kappa shape index (κ3) is 6.08. The summed E-state index contributed by atoms with van der Waals surface area (Å²) < 4.78 is 31.8. The summed E-state index contributed by atoms with van der Waals surface area (Å²) in [5, 5.41) is 0. The maximum Gasteiger partial charge on any atom is 0.264 e. The Balaban J connectivity index is 2.17. The lowest BCUT2D eigenvalue weighted by Gasteiger charge is -2.27. The zero-order valence-electron chi connectivity index (χ0n) is 9.85. The Bertz CT molecular complexity index is 281. The van der Waals surface area contributed by atoms with Crippen LogP contribution in [0.5, 0.6) is 0 Å². The van der Waals surface area contributed by atoms with Crippen LogP contribution in [0.3, 0.4) is 0 Å². The van der Waals surface area contributed by atoms with Crippen molar-refractivity contribution < 1.29 is 16.8 Å². The lowest BCUT2D eigenvalue weighted by molar-refractivity contribution is 0.160. The minimum Gasteiger partial charge on any atom is -0.315 e. The average molecular weight is 268 g/mol. The number of hydrogen-bond donors (Lipinski definition) is 0. The van der Waals surface area contributed by atoms with Gasteiger partial charge in [-0.3, -0.25) is 4.18 Å². The standard InChI is InChI=1S/C10H20O4S2/c1-15-13-7-9-3-5-10(6-4-9)8-14-16(2,11)12/h9-10H,3-8H2,1-2H3. The molecule has 0 N–H and O–H groups in total. The van der Waals surface area contributed by atoms with E-state index in [1.54, 1.807) is 0 Å². The van der Waals surface area contributed by atoms with Gasteiger partial charge < -0.3 is 4.18 Å². The van der Waals surface area contributed by atoms with Gasteiger partial charge in [0, 0.05) is 6.26 Å².